The molecule has 2 aliphatic rings. The molecule has 1 aromatic rings. The van der Waals surface area contributed by atoms with E-state index in [1.54, 1.807) is 4.90 Å². The van der Waals surface area contributed by atoms with Crippen molar-refractivity contribution in [1.82, 2.24) is 14.8 Å². The molecule has 5 heteroatoms. The summed E-state index contributed by atoms with van der Waals surface area (Å²) in [6.45, 7) is 7.83. The van der Waals surface area contributed by atoms with Crippen molar-refractivity contribution in [2.24, 2.45) is 0 Å². The Morgan fingerprint density at radius 2 is 1.96 bits per heavy atom. The van der Waals surface area contributed by atoms with Gasteiger partial charge in [0.05, 0.1) is 0 Å². The van der Waals surface area contributed by atoms with Crippen molar-refractivity contribution in [3.8, 4) is 0 Å². The van der Waals surface area contributed by atoms with Gasteiger partial charge in [-0.1, -0.05) is 19.9 Å². The van der Waals surface area contributed by atoms with Gasteiger partial charge in [-0.25, -0.2) is 4.79 Å². The van der Waals surface area contributed by atoms with Gasteiger partial charge in [0, 0.05) is 49.0 Å². The fraction of sp³-hybridized carbons (Fsp3) is 0.684. The molecule has 1 saturated carbocycles. The summed E-state index contributed by atoms with van der Waals surface area (Å²) in [4.78, 5) is 20.3. The first-order chi connectivity index (χ1) is 11.5. The predicted molar refractivity (Wildman–Crippen MR) is 94.2 cm³/mol. The standard InChI is InChI=1S/C19H29N3O2/c1-4-16-12-22(19(23)24)17(5-2)11-21(16)13(3)15-8-9-18(20-10-15)14-6-7-14/h8-10,13-14,16-17H,4-7,11-12H2,1-3H3,(H,23,24)/t13?,16-,17+/m1/s1. The summed E-state index contributed by atoms with van der Waals surface area (Å²) < 4.78 is 0. The first-order valence-electron chi connectivity index (χ1n) is 9.26. The summed E-state index contributed by atoms with van der Waals surface area (Å²) in [5.74, 6) is 0.682. The van der Waals surface area contributed by atoms with Crippen molar-refractivity contribution in [2.45, 2.75) is 70.5 Å². The van der Waals surface area contributed by atoms with E-state index in [-0.39, 0.29) is 18.1 Å². The third-order valence-corrected chi connectivity index (χ3v) is 5.71. The Labute approximate surface area is 144 Å². The molecular weight excluding hydrogens is 302 g/mol. The fourth-order valence-corrected chi connectivity index (χ4v) is 3.87. The number of amides is 1. The van der Waals surface area contributed by atoms with Crippen molar-refractivity contribution in [3.05, 3.63) is 29.6 Å². The molecule has 2 fully saturated rings. The molecule has 1 saturated heterocycles. The highest BCUT2D eigenvalue weighted by atomic mass is 16.4. The van der Waals surface area contributed by atoms with Gasteiger partial charge in [0.2, 0.25) is 0 Å². The van der Waals surface area contributed by atoms with Crippen LogP contribution in [0.3, 0.4) is 0 Å². The Morgan fingerprint density at radius 1 is 1.25 bits per heavy atom. The average molecular weight is 331 g/mol. The van der Waals surface area contributed by atoms with Gasteiger partial charge in [0.25, 0.3) is 0 Å². The summed E-state index contributed by atoms with van der Waals surface area (Å²) in [5.41, 5.74) is 2.46. The summed E-state index contributed by atoms with van der Waals surface area (Å²) in [7, 11) is 0. The van der Waals surface area contributed by atoms with Crippen LogP contribution in [0.4, 0.5) is 4.79 Å². The van der Waals surface area contributed by atoms with Crippen molar-refractivity contribution < 1.29 is 9.90 Å². The second kappa shape index (κ2) is 7.09. The molecule has 1 amide bonds. The minimum absolute atomic E-state index is 0.0754. The molecule has 0 radical (unpaired) electrons. The third kappa shape index (κ3) is 3.41. The van der Waals surface area contributed by atoms with Crippen LogP contribution in [0.25, 0.3) is 0 Å². The molecule has 1 unspecified atom stereocenters. The lowest BCUT2D eigenvalue weighted by Gasteiger charge is -2.47. The molecule has 1 aliphatic carbocycles. The Morgan fingerprint density at radius 3 is 2.46 bits per heavy atom. The molecule has 3 rings (SSSR count). The lowest BCUT2D eigenvalue weighted by Crippen LogP contribution is -2.59. The van der Waals surface area contributed by atoms with Gasteiger partial charge in [-0.3, -0.25) is 9.88 Å². The van der Waals surface area contributed by atoms with Crippen LogP contribution in [0.5, 0.6) is 0 Å². The molecule has 3 atom stereocenters. The van der Waals surface area contributed by atoms with Gasteiger partial charge < -0.3 is 10.0 Å². The number of piperazine rings is 1. The lowest BCUT2D eigenvalue weighted by atomic mass is 9.98. The number of rotatable bonds is 5. The SMILES string of the molecule is CC[C@H]1CN(C(C)c2ccc(C3CC3)nc2)[C@H](CC)CN1C(=O)O. The summed E-state index contributed by atoms with van der Waals surface area (Å²) in [5, 5.41) is 9.48. The van der Waals surface area contributed by atoms with E-state index in [1.807, 2.05) is 6.20 Å². The normalized spacial score (nSPS) is 26.4. The van der Waals surface area contributed by atoms with Crippen LogP contribution in [0.15, 0.2) is 18.3 Å². The minimum atomic E-state index is -0.789. The van der Waals surface area contributed by atoms with Gasteiger partial charge in [0.1, 0.15) is 0 Å². The number of carbonyl (C=O) groups is 1. The molecule has 1 aliphatic heterocycles. The number of hydrogen-bond donors (Lipinski definition) is 1. The molecule has 1 N–H and O–H groups in total. The molecule has 5 nitrogen and oxygen atoms in total. The van der Waals surface area contributed by atoms with E-state index in [9.17, 15) is 9.90 Å². The highest BCUT2D eigenvalue weighted by molar-refractivity contribution is 5.65. The molecule has 24 heavy (non-hydrogen) atoms. The molecule has 1 aromatic heterocycles. The van der Waals surface area contributed by atoms with Crippen LogP contribution in [0.2, 0.25) is 0 Å². The second-order valence-corrected chi connectivity index (χ2v) is 7.22. The van der Waals surface area contributed by atoms with Crippen LogP contribution in [0.1, 0.15) is 69.7 Å². The van der Waals surface area contributed by atoms with Crippen LogP contribution >= 0.6 is 0 Å². The van der Waals surface area contributed by atoms with Crippen LogP contribution in [-0.4, -0.2) is 51.2 Å². The zero-order chi connectivity index (χ0) is 17.3. The average Bonchev–Trinajstić information content (AvgIpc) is 3.45. The van der Waals surface area contributed by atoms with Crippen molar-refractivity contribution in [2.75, 3.05) is 13.1 Å². The van der Waals surface area contributed by atoms with E-state index in [4.69, 9.17) is 0 Å². The Hall–Kier alpha value is -1.62. The molecule has 2 heterocycles. The summed E-state index contributed by atoms with van der Waals surface area (Å²) in [6, 6.07) is 4.99. The molecule has 0 aromatic carbocycles. The predicted octanol–water partition coefficient (Wildman–Crippen LogP) is 3.87. The summed E-state index contributed by atoms with van der Waals surface area (Å²) >= 11 is 0. The monoisotopic (exact) mass is 331 g/mol. The van der Waals surface area contributed by atoms with Gasteiger partial charge >= 0.3 is 6.09 Å². The number of aromatic nitrogens is 1. The van der Waals surface area contributed by atoms with Gasteiger partial charge in [-0.2, -0.15) is 0 Å². The third-order valence-electron chi connectivity index (χ3n) is 5.71. The van der Waals surface area contributed by atoms with E-state index in [0.717, 1.165) is 19.4 Å². The van der Waals surface area contributed by atoms with Crippen LogP contribution in [-0.2, 0) is 0 Å². The smallest absolute Gasteiger partial charge is 0.407 e. The highest BCUT2D eigenvalue weighted by Gasteiger charge is 2.37. The van der Waals surface area contributed by atoms with Gasteiger partial charge in [-0.15, -0.1) is 0 Å². The van der Waals surface area contributed by atoms with E-state index < -0.39 is 6.09 Å². The van der Waals surface area contributed by atoms with Crippen LogP contribution in [0, 0.1) is 0 Å². The maximum Gasteiger partial charge on any atom is 0.407 e. The van der Waals surface area contributed by atoms with Gasteiger partial charge in [0.15, 0.2) is 0 Å². The maximum atomic E-state index is 11.5. The molecular formula is C19H29N3O2. The number of carboxylic acid groups (broad SMARTS) is 1. The Balaban J connectivity index is 1.76. The highest BCUT2D eigenvalue weighted by Crippen LogP contribution is 2.39. The summed E-state index contributed by atoms with van der Waals surface area (Å²) in [6.07, 6.45) is 5.59. The first kappa shape index (κ1) is 17.2. The molecule has 0 spiro atoms. The fourth-order valence-electron chi connectivity index (χ4n) is 3.87. The Bertz CT molecular complexity index is 570. The van der Waals surface area contributed by atoms with Gasteiger partial charge in [-0.05, 0) is 44.2 Å². The zero-order valence-corrected chi connectivity index (χ0v) is 15.0. The minimum Gasteiger partial charge on any atom is -0.465 e. The van der Waals surface area contributed by atoms with Crippen molar-refractivity contribution in [1.29, 1.82) is 0 Å². The lowest BCUT2D eigenvalue weighted by molar-refractivity contribution is 0.00840. The Kier molecular flexibility index (Phi) is 5.09. The number of pyridine rings is 1. The van der Waals surface area contributed by atoms with E-state index in [1.165, 1.54) is 24.1 Å². The van der Waals surface area contributed by atoms with Crippen molar-refractivity contribution in [3.63, 3.8) is 0 Å². The number of nitrogens with zero attached hydrogens (tertiary/aromatic N) is 3. The maximum absolute atomic E-state index is 11.5. The quantitative estimate of drug-likeness (QED) is 0.890. The van der Waals surface area contributed by atoms with Crippen LogP contribution < -0.4 is 0 Å². The van der Waals surface area contributed by atoms with E-state index in [2.05, 4.69) is 42.8 Å². The van der Waals surface area contributed by atoms with E-state index >= 15 is 0 Å². The molecule has 132 valence electrons. The number of hydrogen-bond acceptors (Lipinski definition) is 3. The topological polar surface area (TPSA) is 56.7 Å². The molecule has 0 bridgehead atoms. The van der Waals surface area contributed by atoms with E-state index in [0.29, 0.717) is 12.5 Å². The zero-order valence-electron chi connectivity index (χ0n) is 15.0. The van der Waals surface area contributed by atoms with Crippen molar-refractivity contribution >= 4 is 6.09 Å². The largest absolute Gasteiger partial charge is 0.465 e. The first-order valence-corrected chi connectivity index (χ1v) is 9.26. The second-order valence-electron chi connectivity index (χ2n) is 7.22.